The number of ether oxygens (including phenoxy) is 1. The number of benzene rings is 2. The van der Waals surface area contributed by atoms with Crippen molar-refractivity contribution < 1.29 is 9.53 Å². The molecular formula is C16H17NO2S. The molecule has 2 rings (SSSR count). The summed E-state index contributed by atoms with van der Waals surface area (Å²) in [5.74, 6) is -0.222. The predicted molar refractivity (Wildman–Crippen MR) is 82.5 cm³/mol. The summed E-state index contributed by atoms with van der Waals surface area (Å²) in [6, 6.07) is 17.1. The summed E-state index contributed by atoms with van der Waals surface area (Å²) in [5.41, 5.74) is 7.32. The van der Waals surface area contributed by atoms with Gasteiger partial charge in [0.2, 0.25) is 0 Å². The molecule has 0 aliphatic rings. The van der Waals surface area contributed by atoms with Gasteiger partial charge in [-0.05, 0) is 36.8 Å². The van der Waals surface area contributed by atoms with E-state index in [0.29, 0.717) is 12.3 Å². The first kappa shape index (κ1) is 14.5. The zero-order valence-electron chi connectivity index (χ0n) is 11.3. The van der Waals surface area contributed by atoms with Gasteiger partial charge in [-0.3, -0.25) is 4.79 Å². The van der Waals surface area contributed by atoms with Crippen LogP contribution in [0.5, 0.6) is 0 Å². The Kier molecular flexibility index (Phi) is 5.07. The number of thioether (sulfide) groups is 1. The third kappa shape index (κ3) is 3.78. The highest BCUT2D eigenvalue weighted by Crippen LogP contribution is 2.36. The maximum Gasteiger partial charge on any atom is 0.323 e. The molecule has 2 aromatic carbocycles. The molecule has 0 amide bonds. The highest BCUT2D eigenvalue weighted by Gasteiger charge is 2.23. The summed E-state index contributed by atoms with van der Waals surface area (Å²) >= 11 is 1.47. The molecule has 1 unspecified atom stereocenters. The van der Waals surface area contributed by atoms with E-state index in [1.54, 1.807) is 0 Å². The number of nitrogens with two attached hydrogens (primary N) is 1. The van der Waals surface area contributed by atoms with Crippen molar-refractivity contribution in [3.8, 4) is 0 Å². The van der Waals surface area contributed by atoms with Crippen molar-refractivity contribution >= 4 is 23.4 Å². The van der Waals surface area contributed by atoms with Crippen LogP contribution in [0.1, 0.15) is 17.7 Å². The fraction of sp³-hybridized carbons (Fsp3) is 0.188. The van der Waals surface area contributed by atoms with Crippen molar-refractivity contribution in [3.63, 3.8) is 0 Å². The van der Waals surface area contributed by atoms with Crippen molar-refractivity contribution in [3.05, 3.63) is 60.2 Å². The third-order valence-electron chi connectivity index (χ3n) is 2.74. The molecule has 0 fully saturated rings. The molecule has 2 N–H and O–H groups in total. The molecule has 0 aliphatic carbocycles. The molecule has 2 aromatic rings. The van der Waals surface area contributed by atoms with Gasteiger partial charge in [0.1, 0.15) is 5.25 Å². The molecule has 20 heavy (non-hydrogen) atoms. The van der Waals surface area contributed by atoms with Crippen molar-refractivity contribution in [2.75, 3.05) is 12.3 Å². The average molecular weight is 287 g/mol. The quantitative estimate of drug-likeness (QED) is 0.518. The summed E-state index contributed by atoms with van der Waals surface area (Å²) in [6.07, 6.45) is 0. The van der Waals surface area contributed by atoms with Crippen LogP contribution in [0.3, 0.4) is 0 Å². The minimum atomic E-state index is -0.361. The lowest BCUT2D eigenvalue weighted by Gasteiger charge is -2.15. The molecule has 104 valence electrons. The van der Waals surface area contributed by atoms with Crippen LogP contribution in [0.4, 0.5) is 5.69 Å². The van der Waals surface area contributed by atoms with Crippen molar-refractivity contribution in [1.82, 2.24) is 0 Å². The fourth-order valence-corrected chi connectivity index (χ4v) is 2.80. The molecule has 0 bridgehead atoms. The van der Waals surface area contributed by atoms with Crippen molar-refractivity contribution in [1.29, 1.82) is 0 Å². The van der Waals surface area contributed by atoms with E-state index in [-0.39, 0.29) is 11.2 Å². The SMILES string of the molecule is CCOC(=O)C(Sc1ccc(N)cc1)c1ccccc1. The van der Waals surface area contributed by atoms with Crippen LogP contribution in [0, 0.1) is 0 Å². The molecule has 0 spiro atoms. The van der Waals surface area contributed by atoms with E-state index < -0.39 is 0 Å². The molecule has 4 heteroatoms. The molecule has 0 saturated heterocycles. The highest BCUT2D eigenvalue weighted by molar-refractivity contribution is 8.00. The average Bonchev–Trinajstić information content (AvgIpc) is 2.48. The van der Waals surface area contributed by atoms with E-state index in [1.807, 2.05) is 61.5 Å². The van der Waals surface area contributed by atoms with Crippen LogP contribution in [0.15, 0.2) is 59.5 Å². The second-order valence-corrected chi connectivity index (χ2v) is 5.41. The van der Waals surface area contributed by atoms with Gasteiger partial charge in [0.15, 0.2) is 0 Å². The second-order valence-electron chi connectivity index (χ2n) is 4.23. The monoisotopic (exact) mass is 287 g/mol. The number of carbonyl (C=O) groups is 1. The molecular weight excluding hydrogens is 270 g/mol. The number of nitrogen functional groups attached to an aromatic ring is 1. The summed E-state index contributed by atoms with van der Waals surface area (Å²) in [6.45, 7) is 2.19. The molecule has 0 aromatic heterocycles. The van der Waals surface area contributed by atoms with E-state index in [2.05, 4.69) is 0 Å². The van der Waals surface area contributed by atoms with Gasteiger partial charge in [0, 0.05) is 10.6 Å². The van der Waals surface area contributed by atoms with E-state index in [1.165, 1.54) is 11.8 Å². The van der Waals surface area contributed by atoms with Gasteiger partial charge in [-0.25, -0.2) is 0 Å². The molecule has 0 heterocycles. The lowest BCUT2D eigenvalue weighted by Crippen LogP contribution is -2.13. The Hall–Kier alpha value is -1.94. The Bertz CT molecular complexity index is 554. The Labute approximate surface area is 123 Å². The van der Waals surface area contributed by atoms with Crippen LogP contribution in [0.2, 0.25) is 0 Å². The molecule has 0 radical (unpaired) electrons. The summed E-state index contributed by atoms with van der Waals surface area (Å²) in [5, 5.41) is -0.361. The summed E-state index contributed by atoms with van der Waals surface area (Å²) in [4.78, 5) is 13.1. The molecule has 3 nitrogen and oxygen atoms in total. The number of hydrogen-bond acceptors (Lipinski definition) is 4. The van der Waals surface area contributed by atoms with Gasteiger partial charge >= 0.3 is 5.97 Å². The van der Waals surface area contributed by atoms with E-state index in [0.717, 1.165) is 10.5 Å². The smallest absolute Gasteiger partial charge is 0.323 e. The Morgan fingerprint density at radius 2 is 1.80 bits per heavy atom. The lowest BCUT2D eigenvalue weighted by molar-refractivity contribution is -0.142. The lowest BCUT2D eigenvalue weighted by atomic mass is 10.1. The number of esters is 1. The van der Waals surface area contributed by atoms with Crippen LogP contribution in [-0.2, 0) is 9.53 Å². The number of hydrogen-bond donors (Lipinski definition) is 1. The third-order valence-corrected chi connectivity index (χ3v) is 3.98. The number of rotatable bonds is 5. The number of anilines is 1. The van der Waals surface area contributed by atoms with E-state index >= 15 is 0 Å². The van der Waals surface area contributed by atoms with Gasteiger partial charge in [0.05, 0.1) is 6.61 Å². The Morgan fingerprint density at radius 3 is 2.40 bits per heavy atom. The summed E-state index contributed by atoms with van der Waals surface area (Å²) < 4.78 is 5.17. The van der Waals surface area contributed by atoms with Gasteiger partial charge in [-0.15, -0.1) is 11.8 Å². The largest absolute Gasteiger partial charge is 0.465 e. The van der Waals surface area contributed by atoms with Crippen molar-refractivity contribution in [2.45, 2.75) is 17.1 Å². The van der Waals surface area contributed by atoms with Crippen LogP contribution in [-0.4, -0.2) is 12.6 Å². The first-order valence-corrected chi connectivity index (χ1v) is 7.32. The molecule has 0 saturated carbocycles. The maximum atomic E-state index is 12.1. The number of carbonyl (C=O) groups excluding carboxylic acids is 1. The fourth-order valence-electron chi connectivity index (χ4n) is 1.78. The minimum absolute atomic E-state index is 0.222. The summed E-state index contributed by atoms with van der Waals surface area (Å²) in [7, 11) is 0. The van der Waals surface area contributed by atoms with E-state index in [9.17, 15) is 4.79 Å². The van der Waals surface area contributed by atoms with Gasteiger partial charge < -0.3 is 10.5 Å². The topological polar surface area (TPSA) is 52.3 Å². The molecule has 1 atom stereocenters. The first-order chi connectivity index (χ1) is 9.70. The highest BCUT2D eigenvalue weighted by atomic mass is 32.2. The maximum absolute atomic E-state index is 12.1. The van der Waals surface area contributed by atoms with Gasteiger partial charge in [-0.2, -0.15) is 0 Å². The van der Waals surface area contributed by atoms with E-state index in [4.69, 9.17) is 10.5 Å². The van der Waals surface area contributed by atoms with Crippen molar-refractivity contribution in [2.24, 2.45) is 0 Å². The Balaban J connectivity index is 2.23. The van der Waals surface area contributed by atoms with Crippen LogP contribution < -0.4 is 5.73 Å². The standard InChI is InChI=1S/C16H17NO2S/c1-2-19-16(18)15(12-6-4-3-5-7-12)20-14-10-8-13(17)9-11-14/h3-11,15H,2,17H2,1H3. The van der Waals surface area contributed by atoms with Gasteiger partial charge in [-0.1, -0.05) is 30.3 Å². The molecule has 0 aliphatic heterocycles. The minimum Gasteiger partial charge on any atom is -0.465 e. The Morgan fingerprint density at radius 1 is 1.15 bits per heavy atom. The zero-order valence-corrected chi connectivity index (χ0v) is 12.1. The van der Waals surface area contributed by atoms with Crippen LogP contribution >= 0.6 is 11.8 Å². The zero-order chi connectivity index (χ0) is 14.4. The van der Waals surface area contributed by atoms with Crippen LogP contribution in [0.25, 0.3) is 0 Å². The first-order valence-electron chi connectivity index (χ1n) is 6.44. The normalized spacial score (nSPS) is 11.8. The predicted octanol–water partition coefficient (Wildman–Crippen LogP) is 3.67. The second kappa shape index (κ2) is 7.01. The van der Waals surface area contributed by atoms with Gasteiger partial charge in [0.25, 0.3) is 0 Å².